The number of hydrogen-bond donors (Lipinski definition) is 0. The summed E-state index contributed by atoms with van der Waals surface area (Å²) in [5.41, 5.74) is 1.26. The molecule has 0 N–H and O–H groups in total. The van der Waals surface area contributed by atoms with Crippen LogP contribution in [0.3, 0.4) is 0 Å². The van der Waals surface area contributed by atoms with Crippen LogP contribution in [0.1, 0.15) is 11.3 Å². The van der Waals surface area contributed by atoms with E-state index < -0.39 is 0 Å². The summed E-state index contributed by atoms with van der Waals surface area (Å²) in [7, 11) is 5.24. The van der Waals surface area contributed by atoms with E-state index in [0.29, 0.717) is 6.54 Å². The molecule has 1 aliphatic rings. The van der Waals surface area contributed by atoms with Crippen LogP contribution in [0.15, 0.2) is 9.59 Å². The van der Waals surface area contributed by atoms with Gasteiger partial charge in [-0.2, -0.15) is 0 Å². The number of likely N-dealkylation sites (N-methyl/N-ethyl adjacent to an activating group) is 1. The molecular formula is C10H15N3O2. The maximum absolute atomic E-state index is 11.9. The van der Waals surface area contributed by atoms with E-state index in [9.17, 15) is 9.59 Å². The third kappa shape index (κ3) is 1.43. The van der Waals surface area contributed by atoms with Gasteiger partial charge in [0.05, 0.1) is 5.56 Å². The summed E-state index contributed by atoms with van der Waals surface area (Å²) < 4.78 is 2.77. The number of rotatable bonds is 0. The van der Waals surface area contributed by atoms with E-state index >= 15 is 0 Å². The third-order valence-corrected chi connectivity index (χ3v) is 3.05. The molecular weight excluding hydrogens is 194 g/mol. The van der Waals surface area contributed by atoms with Crippen LogP contribution in [0.5, 0.6) is 0 Å². The Morgan fingerprint density at radius 1 is 1.07 bits per heavy atom. The second-order valence-corrected chi connectivity index (χ2v) is 4.12. The van der Waals surface area contributed by atoms with Gasteiger partial charge < -0.3 is 9.47 Å². The van der Waals surface area contributed by atoms with Gasteiger partial charge in [-0.3, -0.25) is 9.36 Å². The molecule has 1 aromatic heterocycles. The number of nitrogens with zero attached hydrogens (tertiary/aromatic N) is 3. The lowest BCUT2D eigenvalue weighted by molar-refractivity contribution is 0.301. The van der Waals surface area contributed by atoms with Gasteiger partial charge in [-0.15, -0.1) is 0 Å². The molecule has 1 aromatic rings. The lowest BCUT2D eigenvalue weighted by atomic mass is 10.1. The predicted octanol–water partition coefficient (Wildman–Crippen LogP) is -0.928. The summed E-state index contributed by atoms with van der Waals surface area (Å²) in [4.78, 5) is 25.6. The summed E-state index contributed by atoms with van der Waals surface area (Å²) in [5, 5.41) is 0. The zero-order valence-corrected chi connectivity index (χ0v) is 9.28. The van der Waals surface area contributed by atoms with Crippen molar-refractivity contribution in [1.29, 1.82) is 0 Å². The highest BCUT2D eigenvalue weighted by atomic mass is 16.2. The third-order valence-electron chi connectivity index (χ3n) is 3.05. The van der Waals surface area contributed by atoms with Crippen molar-refractivity contribution >= 4 is 0 Å². The van der Waals surface area contributed by atoms with Crippen molar-refractivity contribution in [1.82, 2.24) is 14.0 Å². The van der Waals surface area contributed by atoms with E-state index in [1.807, 2.05) is 7.05 Å². The van der Waals surface area contributed by atoms with Crippen LogP contribution >= 0.6 is 0 Å². The molecule has 82 valence electrons. The van der Waals surface area contributed by atoms with Crippen LogP contribution in [0.4, 0.5) is 0 Å². The Hall–Kier alpha value is -1.36. The van der Waals surface area contributed by atoms with Crippen LogP contribution in [-0.2, 0) is 27.1 Å². The molecule has 0 bridgehead atoms. The first-order chi connectivity index (χ1) is 7.02. The van der Waals surface area contributed by atoms with Crippen LogP contribution in [0.25, 0.3) is 0 Å². The largest absolute Gasteiger partial charge is 0.330 e. The average molecular weight is 209 g/mol. The van der Waals surface area contributed by atoms with Gasteiger partial charge >= 0.3 is 5.69 Å². The maximum atomic E-state index is 11.9. The molecule has 1 aliphatic heterocycles. The first-order valence-corrected chi connectivity index (χ1v) is 4.98. The smallest absolute Gasteiger partial charge is 0.301 e. The van der Waals surface area contributed by atoms with E-state index in [1.165, 1.54) is 11.6 Å². The van der Waals surface area contributed by atoms with Gasteiger partial charge in [0.2, 0.25) is 0 Å². The molecule has 0 saturated carbocycles. The van der Waals surface area contributed by atoms with E-state index in [2.05, 4.69) is 4.90 Å². The first kappa shape index (κ1) is 10.2. The highest BCUT2D eigenvalue weighted by Crippen LogP contribution is 2.11. The fourth-order valence-corrected chi connectivity index (χ4v) is 2.08. The van der Waals surface area contributed by atoms with Crippen LogP contribution in [0, 0.1) is 0 Å². The zero-order valence-electron chi connectivity index (χ0n) is 9.28. The molecule has 0 fully saturated rings. The molecule has 5 heteroatoms. The summed E-state index contributed by atoms with van der Waals surface area (Å²) in [5.74, 6) is 0. The summed E-state index contributed by atoms with van der Waals surface area (Å²) in [6.07, 6.45) is 0.771. The van der Waals surface area contributed by atoms with Crippen molar-refractivity contribution in [3.63, 3.8) is 0 Å². The van der Waals surface area contributed by atoms with Gasteiger partial charge in [-0.25, -0.2) is 4.79 Å². The van der Waals surface area contributed by atoms with Gasteiger partial charge in [-0.1, -0.05) is 0 Å². The average Bonchev–Trinajstić information content (AvgIpc) is 2.23. The van der Waals surface area contributed by atoms with Gasteiger partial charge in [0.15, 0.2) is 0 Å². The molecule has 2 heterocycles. The Labute approximate surface area is 87.6 Å². The van der Waals surface area contributed by atoms with Crippen molar-refractivity contribution in [3.05, 3.63) is 32.1 Å². The number of hydrogen-bond acceptors (Lipinski definition) is 3. The maximum Gasteiger partial charge on any atom is 0.330 e. The standard InChI is InChI=1S/C10H15N3O2/c1-11-5-4-8-7(6-11)9(14)13(3)10(15)12(8)2/h4-6H2,1-3H3. The minimum absolute atomic E-state index is 0.153. The van der Waals surface area contributed by atoms with E-state index in [-0.39, 0.29) is 11.2 Å². The van der Waals surface area contributed by atoms with Gasteiger partial charge in [0.25, 0.3) is 5.56 Å². The van der Waals surface area contributed by atoms with Crippen LogP contribution < -0.4 is 11.2 Å². The van der Waals surface area contributed by atoms with Crippen molar-refractivity contribution < 1.29 is 0 Å². The Kier molecular flexibility index (Phi) is 2.26. The zero-order chi connectivity index (χ0) is 11.2. The highest BCUT2D eigenvalue weighted by molar-refractivity contribution is 5.20. The second kappa shape index (κ2) is 3.34. The fourth-order valence-electron chi connectivity index (χ4n) is 2.08. The quantitative estimate of drug-likeness (QED) is 0.555. The molecule has 0 saturated heterocycles. The van der Waals surface area contributed by atoms with Crippen molar-refractivity contribution in [3.8, 4) is 0 Å². The van der Waals surface area contributed by atoms with Gasteiger partial charge in [0, 0.05) is 39.3 Å². The van der Waals surface area contributed by atoms with Crippen LogP contribution in [-0.4, -0.2) is 27.6 Å². The lowest BCUT2D eigenvalue weighted by Gasteiger charge is -2.26. The predicted molar refractivity (Wildman–Crippen MR) is 57.0 cm³/mol. The summed E-state index contributed by atoms with van der Waals surface area (Å²) in [6, 6.07) is 0. The highest BCUT2D eigenvalue weighted by Gasteiger charge is 2.20. The Bertz CT molecular complexity index is 513. The summed E-state index contributed by atoms with van der Waals surface area (Å²) in [6.45, 7) is 1.53. The van der Waals surface area contributed by atoms with E-state index in [4.69, 9.17) is 0 Å². The van der Waals surface area contributed by atoms with Crippen LogP contribution in [0.2, 0.25) is 0 Å². The molecule has 0 aromatic carbocycles. The molecule has 0 atom stereocenters. The lowest BCUT2D eigenvalue weighted by Crippen LogP contribution is -2.45. The molecule has 0 unspecified atom stereocenters. The Morgan fingerprint density at radius 3 is 2.40 bits per heavy atom. The number of fused-ring (bicyclic) bond motifs is 1. The van der Waals surface area contributed by atoms with Crippen molar-refractivity contribution in [2.24, 2.45) is 14.1 Å². The molecule has 0 aliphatic carbocycles. The molecule has 0 radical (unpaired) electrons. The first-order valence-electron chi connectivity index (χ1n) is 4.98. The second-order valence-electron chi connectivity index (χ2n) is 4.12. The SMILES string of the molecule is CN1CCc2c(c(=O)n(C)c(=O)n2C)C1. The van der Waals surface area contributed by atoms with E-state index in [1.54, 1.807) is 11.6 Å². The summed E-state index contributed by atoms with van der Waals surface area (Å²) >= 11 is 0. The van der Waals surface area contributed by atoms with E-state index in [0.717, 1.165) is 24.2 Å². The molecule has 0 spiro atoms. The Morgan fingerprint density at radius 2 is 1.73 bits per heavy atom. The molecule has 15 heavy (non-hydrogen) atoms. The van der Waals surface area contributed by atoms with Gasteiger partial charge in [0.1, 0.15) is 0 Å². The molecule has 2 rings (SSSR count). The minimum Gasteiger partial charge on any atom is -0.301 e. The normalized spacial score (nSPS) is 16.5. The van der Waals surface area contributed by atoms with Gasteiger partial charge in [-0.05, 0) is 7.05 Å². The van der Waals surface area contributed by atoms with Crippen molar-refractivity contribution in [2.75, 3.05) is 13.6 Å². The minimum atomic E-state index is -0.233. The molecule has 5 nitrogen and oxygen atoms in total. The Balaban J connectivity index is 2.77. The fraction of sp³-hybridized carbons (Fsp3) is 0.600. The monoisotopic (exact) mass is 209 g/mol. The molecule has 0 amide bonds. The topological polar surface area (TPSA) is 47.2 Å². The van der Waals surface area contributed by atoms with Crippen molar-refractivity contribution in [2.45, 2.75) is 13.0 Å². The number of aromatic nitrogens is 2.